The summed E-state index contributed by atoms with van der Waals surface area (Å²) in [6.07, 6.45) is 1.57. The predicted molar refractivity (Wildman–Crippen MR) is 71.4 cm³/mol. The van der Waals surface area contributed by atoms with Gasteiger partial charge < -0.3 is 15.1 Å². The van der Waals surface area contributed by atoms with Crippen LogP contribution in [0.5, 0.6) is 5.75 Å². The normalized spacial score (nSPS) is 10.2. The molecule has 0 atom stereocenters. The van der Waals surface area contributed by atoms with E-state index in [2.05, 4.69) is 4.98 Å². The van der Waals surface area contributed by atoms with E-state index in [-0.39, 0.29) is 11.3 Å². The molecule has 1 aromatic carbocycles. The first-order valence-electron chi connectivity index (χ1n) is 5.75. The Morgan fingerprint density at radius 1 is 1.32 bits per heavy atom. The van der Waals surface area contributed by atoms with Crippen molar-refractivity contribution in [1.82, 2.24) is 4.98 Å². The van der Waals surface area contributed by atoms with E-state index in [1.165, 1.54) is 6.07 Å². The fraction of sp³-hybridized carbons (Fsp3) is 0.143. The van der Waals surface area contributed by atoms with Gasteiger partial charge in [-0.15, -0.1) is 0 Å². The van der Waals surface area contributed by atoms with Gasteiger partial charge in [-0.2, -0.15) is 0 Å². The largest absolute Gasteiger partial charge is 0.508 e. The number of nitrogens with zero attached hydrogens (tertiary/aromatic N) is 2. The molecule has 0 radical (unpaired) electrons. The molecule has 0 amide bonds. The van der Waals surface area contributed by atoms with Crippen LogP contribution in [0.1, 0.15) is 16.1 Å². The minimum absolute atomic E-state index is 0.170. The first kappa shape index (κ1) is 12.9. The summed E-state index contributed by atoms with van der Waals surface area (Å²) in [7, 11) is 1.81. The molecule has 98 valence electrons. The SMILES string of the molecule is CN(Cc1ncccc1C(=O)O)c1cccc(O)c1. The van der Waals surface area contributed by atoms with E-state index < -0.39 is 5.97 Å². The zero-order valence-electron chi connectivity index (χ0n) is 10.4. The third kappa shape index (κ3) is 3.01. The van der Waals surface area contributed by atoms with Gasteiger partial charge in [0, 0.05) is 25.0 Å². The lowest BCUT2D eigenvalue weighted by Gasteiger charge is -2.19. The van der Waals surface area contributed by atoms with Crippen molar-refractivity contribution in [3.05, 3.63) is 53.9 Å². The van der Waals surface area contributed by atoms with Crippen molar-refractivity contribution in [2.45, 2.75) is 6.54 Å². The topological polar surface area (TPSA) is 73.7 Å². The lowest BCUT2D eigenvalue weighted by Crippen LogP contribution is -2.19. The van der Waals surface area contributed by atoms with Crippen molar-refractivity contribution >= 4 is 11.7 Å². The van der Waals surface area contributed by atoms with Crippen molar-refractivity contribution in [3.8, 4) is 5.75 Å². The highest BCUT2D eigenvalue weighted by atomic mass is 16.4. The van der Waals surface area contributed by atoms with Crippen LogP contribution in [0, 0.1) is 0 Å². The number of carboxylic acid groups (broad SMARTS) is 1. The van der Waals surface area contributed by atoms with Crippen LogP contribution < -0.4 is 4.90 Å². The Balaban J connectivity index is 2.24. The number of anilines is 1. The molecule has 2 rings (SSSR count). The smallest absolute Gasteiger partial charge is 0.337 e. The van der Waals surface area contributed by atoms with Gasteiger partial charge in [-0.3, -0.25) is 4.98 Å². The van der Waals surface area contributed by atoms with E-state index >= 15 is 0 Å². The average molecular weight is 258 g/mol. The van der Waals surface area contributed by atoms with Crippen molar-refractivity contribution in [3.63, 3.8) is 0 Å². The number of benzene rings is 1. The standard InChI is InChI=1S/C14H14N2O3/c1-16(10-4-2-5-11(17)8-10)9-13-12(14(18)19)6-3-7-15-13/h2-8,17H,9H2,1H3,(H,18,19). The molecule has 1 aromatic heterocycles. The number of aromatic hydroxyl groups is 1. The van der Waals surface area contributed by atoms with Crippen LogP contribution in [-0.2, 0) is 6.54 Å². The zero-order valence-corrected chi connectivity index (χ0v) is 10.4. The van der Waals surface area contributed by atoms with Crippen LogP contribution in [0.2, 0.25) is 0 Å². The van der Waals surface area contributed by atoms with Gasteiger partial charge >= 0.3 is 5.97 Å². The van der Waals surface area contributed by atoms with Crippen molar-refractivity contribution < 1.29 is 15.0 Å². The average Bonchev–Trinajstić information content (AvgIpc) is 2.39. The molecular weight excluding hydrogens is 244 g/mol. The summed E-state index contributed by atoms with van der Waals surface area (Å²) in [6.45, 7) is 0.353. The van der Waals surface area contributed by atoms with E-state index in [1.807, 2.05) is 18.0 Å². The summed E-state index contributed by atoms with van der Waals surface area (Å²) in [6, 6.07) is 9.90. The molecule has 0 fully saturated rings. The molecule has 0 saturated heterocycles. The van der Waals surface area contributed by atoms with E-state index in [4.69, 9.17) is 5.11 Å². The van der Waals surface area contributed by atoms with Crippen LogP contribution in [0.3, 0.4) is 0 Å². The molecule has 1 heterocycles. The van der Waals surface area contributed by atoms with Gasteiger partial charge in [-0.25, -0.2) is 4.79 Å². The number of carboxylic acids is 1. The van der Waals surface area contributed by atoms with Crippen molar-refractivity contribution in [2.75, 3.05) is 11.9 Å². The molecule has 0 spiro atoms. The maximum absolute atomic E-state index is 11.1. The Morgan fingerprint density at radius 2 is 2.11 bits per heavy atom. The third-order valence-corrected chi connectivity index (χ3v) is 2.78. The lowest BCUT2D eigenvalue weighted by atomic mass is 10.2. The van der Waals surface area contributed by atoms with Gasteiger partial charge in [0.2, 0.25) is 0 Å². The Hall–Kier alpha value is -2.56. The Kier molecular flexibility index (Phi) is 3.66. The van der Waals surface area contributed by atoms with Gasteiger partial charge in [0.1, 0.15) is 5.75 Å². The van der Waals surface area contributed by atoms with Crippen LogP contribution in [0.25, 0.3) is 0 Å². The van der Waals surface area contributed by atoms with Crippen LogP contribution >= 0.6 is 0 Å². The molecule has 0 aliphatic heterocycles. The number of hydrogen-bond donors (Lipinski definition) is 2. The van der Waals surface area contributed by atoms with Crippen molar-refractivity contribution in [2.24, 2.45) is 0 Å². The van der Waals surface area contributed by atoms with Crippen LogP contribution in [0.4, 0.5) is 5.69 Å². The second kappa shape index (κ2) is 5.39. The Bertz CT molecular complexity index is 599. The third-order valence-electron chi connectivity index (χ3n) is 2.78. The number of rotatable bonds is 4. The predicted octanol–water partition coefficient (Wildman–Crippen LogP) is 2.12. The molecule has 0 aliphatic rings. The second-order valence-corrected chi connectivity index (χ2v) is 4.18. The molecule has 2 N–H and O–H groups in total. The number of carbonyl (C=O) groups is 1. The molecule has 2 aromatic rings. The number of hydrogen-bond acceptors (Lipinski definition) is 4. The molecule has 5 nitrogen and oxygen atoms in total. The Labute approximate surface area is 110 Å². The first-order chi connectivity index (χ1) is 9.08. The van der Waals surface area contributed by atoms with Gasteiger partial charge in [0.05, 0.1) is 17.8 Å². The maximum atomic E-state index is 11.1. The minimum Gasteiger partial charge on any atom is -0.508 e. The first-order valence-corrected chi connectivity index (χ1v) is 5.75. The highest BCUT2D eigenvalue weighted by molar-refractivity contribution is 5.88. The highest BCUT2D eigenvalue weighted by Gasteiger charge is 2.12. The van der Waals surface area contributed by atoms with Crippen molar-refractivity contribution in [1.29, 1.82) is 0 Å². The number of aromatic carboxylic acids is 1. The number of phenols is 1. The highest BCUT2D eigenvalue weighted by Crippen LogP contribution is 2.20. The van der Waals surface area contributed by atoms with Crippen LogP contribution in [-0.4, -0.2) is 28.2 Å². The summed E-state index contributed by atoms with van der Waals surface area (Å²) < 4.78 is 0. The quantitative estimate of drug-likeness (QED) is 0.878. The fourth-order valence-electron chi connectivity index (χ4n) is 1.81. The summed E-state index contributed by atoms with van der Waals surface area (Å²) in [4.78, 5) is 17.0. The molecule has 0 unspecified atom stereocenters. The van der Waals surface area contributed by atoms with Gasteiger partial charge in [0.15, 0.2) is 0 Å². The van der Waals surface area contributed by atoms with E-state index in [9.17, 15) is 9.90 Å². The minimum atomic E-state index is -0.993. The summed E-state index contributed by atoms with van der Waals surface area (Å²) >= 11 is 0. The summed E-state index contributed by atoms with van der Waals surface area (Å²) in [5.74, 6) is -0.823. The molecular formula is C14H14N2O3. The summed E-state index contributed by atoms with van der Waals surface area (Å²) in [5.41, 5.74) is 1.47. The summed E-state index contributed by atoms with van der Waals surface area (Å²) in [5, 5.41) is 18.5. The molecule has 19 heavy (non-hydrogen) atoms. The van der Waals surface area contributed by atoms with Crippen LogP contribution in [0.15, 0.2) is 42.6 Å². The number of phenolic OH excluding ortho intramolecular Hbond substituents is 1. The lowest BCUT2D eigenvalue weighted by molar-refractivity contribution is 0.0695. The van der Waals surface area contributed by atoms with Gasteiger partial charge in [-0.05, 0) is 24.3 Å². The van der Waals surface area contributed by atoms with E-state index in [0.29, 0.717) is 12.2 Å². The molecule has 0 bridgehead atoms. The zero-order chi connectivity index (χ0) is 13.8. The van der Waals surface area contributed by atoms with E-state index in [0.717, 1.165) is 5.69 Å². The fourth-order valence-corrected chi connectivity index (χ4v) is 1.81. The molecule has 0 aliphatic carbocycles. The number of pyridine rings is 1. The molecule has 5 heteroatoms. The van der Waals surface area contributed by atoms with E-state index in [1.54, 1.807) is 30.5 Å². The molecule has 0 saturated carbocycles. The monoisotopic (exact) mass is 258 g/mol. The second-order valence-electron chi connectivity index (χ2n) is 4.18. The van der Waals surface area contributed by atoms with Gasteiger partial charge in [0.25, 0.3) is 0 Å². The number of aromatic nitrogens is 1. The van der Waals surface area contributed by atoms with Gasteiger partial charge in [-0.1, -0.05) is 6.07 Å². The maximum Gasteiger partial charge on any atom is 0.337 e. The Morgan fingerprint density at radius 3 is 2.79 bits per heavy atom.